The maximum Gasteiger partial charge on any atom is 0.254 e. The molecule has 2 aromatic heterocycles. The van der Waals surface area contributed by atoms with E-state index in [1.54, 1.807) is 18.9 Å². The van der Waals surface area contributed by atoms with Gasteiger partial charge in [0.2, 0.25) is 11.8 Å². The number of methoxy groups -OCH3 is 1. The highest BCUT2D eigenvalue weighted by atomic mass is 16.5. The van der Waals surface area contributed by atoms with Gasteiger partial charge in [-0.3, -0.25) is 4.79 Å². The van der Waals surface area contributed by atoms with Crippen molar-refractivity contribution in [1.82, 2.24) is 24.6 Å². The van der Waals surface area contributed by atoms with Crippen molar-refractivity contribution in [3.63, 3.8) is 0 Å². The van der Waals surface area contributed by atoms with Gasteiger partial charge in [0, 0.05) is 39.7 Å². The van der Waals surface area contributed by atoms with Crippen molar-refractivity contribution >= 4 is 22.9 Å². The largest absolute Gasteiger partial charge is 0.383 e. The molecule has 0 fully saturated rings. The summed E-state index contributed by atoms with van der Waals surface area (Å²) in [6.45, 7) is 5.73. The number of amides is 1. The first-order valence-corrected chi connectivity index (χ1v) is 8.81. The van der Waals surface area contributed by atoms with Crippen LogP contribution < -0.4 is 5.32 Å². The standard InChI is InChI=1S/C18H24N6O3/c1-5-24(11-16-20-12(2)27-22-16)17(25)13-6-7-15-14(10-13)21-18(23(15)3)19-8-9-26-4/h6-7,10H,5,8-9,11H2,1-4H3,(H,19,21). The lowest BCUT2D eigenvalue weighted by Crippen LogP contribution is -2.30. The van der Waals surface area contributed by atoms with Crippen molar-refractivity contribution in [2.75, 3.05) is 32.1 Å². The molecule has 9 heteroatoms. The number of aryl methyl sites for hydroxylation is 2. The summed E-state index contributed by atoms with van der Waals surface area (Å²) in [4.78, 5) is 23.3. The molecule has 3 aromatic rings. The Morgan fingerprint density at radius 1 is 1.37 bits per heavy atom. The van der Waals surface area contributed by atoms with Gasteiger partial charge in [-0.2, -0.15) is 4.98 Å². The first-order valence-electron chi connectivity index (χ1n) is 8.81. The number of imidazole rings is 1. The van der Waals surface area contributed by atoms with Gasteiger partial charge in [0.15, 0.2) is 5.82 Å². The Labute approximate surface area is 157 Å². The number of nitrogens with one attached hydrogen (secondary N) is 1. The zero-order valence-corrected chi connectivity index (χ0v) is 16.0. The minimum atomic E-state index is -0.0959. The lowest BCUT2D eigenvalue weighted by molar-refractivity contribution is 0.0747. The molecule has 27 heavy (non-hydrogen) atoms. The van der Waals surface area contributed by atoms with Gasteiger partial charge < -0.3 is 24.0 Å². The fourth-order valence-corrected chi connectivity index (χ4v) is 2.84. The molecule has 9 nitrogen and oxygen atoms in total. The van der Waals surface area contributed by atoms with E-state index in [2.05, 4.69) is 20.4 Å². The number of hydrogen-bond donors (Lipinski definition) is 1. The topological polar surface area (TPSA) is 98.3 Å². The summed E-state index contributed by atoms with van der Waals surface area (Å²) in [5, 5.41) is 7.09. The van der Waals surface area contributed by atoms with E-state index < -0.39 is 0 Å². The van der Waals surface area contributed by atoms with Gasteiger partial charge in [-0.25, -0.2) is 4.98 Å². The highest BCUT2D eigenvalue weighted by Gasteiger charge is 2.18. The normalized spacial score (nSPS) is 11.1. The number of carbonyl (C=O) groups is 1. The molecule has 1 N–H and O–H groups in total. The summed E-state index contributed by atoms with van der Waals surface area (Å²) in [7, 11) is 3.59. The average molecular weight is 372 g/mol. The molecule has 0 unspecified atom stereocenters. The van der Waals surface area contributed by atoms with Crippen molar-refractivity contribution in [1.29, 1.82) is 0 Å². The van der Waals surface area contributed by atoms with Crippen LogP contribution in [0.2, 0.25) is 0 Å². The van der Waals surface area contributed by atoms with E-state index in [1.807, 2.05) is 36.7 Å². The summed E-state index contributed by atoms with van der Waals surface area (Å²) >= 11 is 0. The van der Waals surface area contributed by atoms with Crippen LogP contribution in [-0.4, -0.2) is 57.3 Å². The Hall–Kier alpha value is -2.94. The molecule has 0 aliphatic carbocycles. The fourth-order valence-electron chi connectivity index (χ4n) is 2.84. The molecule has 0 aliphatic heterocycles. The number of fused-ring (bicyclic) bond motifs is 1. The van der Waals surface area contributed by atoms with Crippen molar-refractivity contribution in [2.24, 2.45) is 7.05 Å². The van der Waals surface area contributed by atoms with E-state index in [4.69, 9.17) is 9.26 Å². The Morgan fingerprint density at radius 3 is 2.85 bits per heavy atom. The number of rotatable bonds is 8. The smallest absolute Gasteiger partial charge is 0.254 e. The van der Waals surface area contributed by atoms with Crippen LogP contribution >= 0.6 is 0 Å². The van der Waals surface area contributed by atoms with Gasteiger partial charge in [0.05, 0.1) is 24.2 Å². The SMILES string of the molecule is CCN(Cc1noc(C)n1)C(=O)c1ccc2c(c1)nc(NCCOC)n2C. The minimum Gasteiger partial charge on any atom is -0.383 e. The molecule has 0 atom stereocenters. The average Bonchev–Trinajstić information content (AvgIpc) is 3.22. The van der Waals surface area contributed by atoms with Gasteiger partial charge in [-0.1, -0.05) is 5.16 Å². The molecule has 0 saturated carbocycles. The maximum absolute atomic E-state index is 12.9. The predicted molar refractivity (Wildman–Crippen MR) is 101 cm³/mol. The van der Waals surface area contributed by atoms with E-state index in [9.17, 15) is 4.79 Å². The first-order chi connectivity index (χ1) is 13.0. The third kappa shape index (κ3) is 4.08. The summed E-state index contributed by atoms with van der Waals surface area (Å²) in [5.74, 6) is 1.62. The number of carbonyl (C=O) groups excluding carboxylic acids is 1. The van der Waals surface area contributed by atoms with Crippen LogP contribution in [0.4, 0.5) is 5.95 Å². The van der Waals surface area contributed by atoms with Gasteiger partial charge in [-0.05, 0) is 25.1 Å². The van der Waals surface area contributed by atoms with Crippen LogP contribution in [0.25, 0.3) is 11.0 Å². The van der Waals surface area contributed by atoms with Gasteiger partial charge >= 0.3 is 0 Å². The molecule has 144 valence electrons. The van der Waals surface area contributed by atoms with Gasteiger partial charge in [0.25, 0.3) is 5.91 Å². The fraction of sp³-hybridized carbons (Fsp3) is 0.444. The molecule has 0 spiro atoms. The summed E-state index contributed by atoms with van der Waals surface area (Å²) in [6.07, 6.45) is 0. The van der Waals surface area contributed by atoms with E-state index in [1.165, 1.54) is 0 Å². The van der Waals surface area contributed by atoms with Crippen molar-refractivity contribution in [3.05, 3.63) is 35.5 Å². The second kappa shape index (κ2) is 8.17. The Kier molecular flexibility index (Phi) is 5.70. The summed E-state index contributed by atoms with van der Waals surface area (Å²) in [5.41, 5.74) is 2.28. The van der Waals surface area contributed by atoms with Crippen LogP contribution in [0.15, 0.2) is 22.7 Å². The zero-order chi connectivity index (χ0) is 19.4. The van der Waals surface area contributed by atoms with Gasteiger partial charge in [0.1, 0.15) is 0 Å². The quantitative estimate of drug-likeness (QED) is 0.604. The van der Waals surface area contributed by atoms with Crippen LogP contribution in [0.1, 0.15) is 29.0 Å². The van der Waals surface area contributed by atoms with Gasteiger partial charge in [-0.15, -0.1) is 0 Å². The maximum atomic E-state index is 12.9. The Morgan fingerprint density at radius 2 is 2.19 bits per heavy atom. The molecular formula is C18H24N6O3. The minimum absolute atomic E-state index is 0.0959. The summed E-state index contributed by atoms with van der Waals surface area (Å²) < 4.78 is 12.0. The monoisotopic (exact) mass is 372 g/mol. The highest BCUT2D eigenvalue weighted by Crippen LogP contribution is 2.21. The van der Waals surface area contributed by atoms with Crippen molar-refractivity contribution in [2.45, 2.75) is 20.4 Å². The number of aromatic nitrogens is 4. The second-order valence-corrected chi connectivity index (χ2v) is 6.17. The molecule has 0 bridgehead atoms. The molecular weight excluding hydrogens is 348 g/mol. The first kappa shape index (κ1) is 18.8. The Bertz CT molecular complexity index is 932. The second-order valence-electron chi connectivity index (χ2n) is 6.17. The number of anilines is 1. The molecule has 1 amide bonds. The van der Waals surface area contributed by atoms with Crippen LogP contribution in [0.5, 0.6) is 0 Å². The zero-order valence-electron chi connectivity index (χ0n) is 16.0. The number of benzene rings is 1. The summed E-state index contributed by atoms with van der Waals surface area (Å²) in [6, 6.07) is 5.53. The Balaban J connectivity index is 1.81. The van der Waals surface area contributed by atoms with Crippen LogP contribution in [0, 0.1) is 6.92 Å². The number of hydrogen-bond acceptors (Lipinski definition) is 7. The molecule has 0 radical (unpaired) electrons. The number of nitrogens with zero attached hydrogens (tertiary/aromatic N) is 5. The van der Waals surface area contributed by atoms with Crippen molar-refractivity contribution in [3.8, 4) is 0 Å². The molecule has 2 heterocycles. The lowest BCUT2D eigenvalue weighted by atomic mass is 10.1. The van der Waals surface area contributed by atoms with E-state index in [0.29, 0.717) is 43.5 Å². The van der Waals surface area contributed by atoms with E-state index in [-0.39, 0.29) is 5.91 Å². The van der Waals surface area contributed by atoms with E-state index in [0.717, 1.165) is 17.0 Å². The molecule has 1 aromatic carbocycles. The lowest BCUT2D eigenvalue weighted by Gasteiger charge is -2.19. The highest BCUT2D eigenvalue weighted by molar-refractivity contribution is 5.97. The third-order valence-electron chi connectivity index (χ3n) is 4.29. The molecule has 0 saturated heterocycles. The molecule has 3 rings (SSSR count). The predicted octanol–water partition coefficient (Wildman–Crippen LogP) is 1.99. The van der Waals surface area contributed by atoms with Crippen molar-refractivity contribution < 1.29 is 14.1 Å². The van der Waals surface area contributed by atoms with E-state index >= 15 is 0 Å². The van der Waals surface area contributed by atoms with Crippen LogP contribution in [-0.2, 0) is 18.3 Å². The molecule has 0 aliphatic rings. The van der Waals surface area contributed by atoms with Crippen LogP contribution in [0.3, 0.4) is 0 Å². The third-order valence-corrected chi connectivity index (χ3v) is 4.29. The number of ether oxygens (including phenoxy) is 1.